The van der Waals surface area contributed by atoms with Gasteiger partial charge in [0.2, 0.25) is 0 Å². The van der Waals surface area contributed by atoms with Crippen LogP contribution >= 0.6 is 0 Å². The first-order chi connectivity index (χ1) is 12.7. The van der Waals surface area contributed by atoms with Crippen LogP contribution in [0, 0.1) is 13.8 Å². The molecule has 0 saturated carbocycles. The molecule has 0 radical (unpaired) electrons. The summed E-state index contributed by atoms with van der Waals surface area (Å²) in [6.45, 7) is 4.46. The van der Waals surface area contributed by atoms with Gasteiger partial charge in [-0.1, -0.05) is 54.6 Å². The Morgan fingerprint density at radius 2 is 1.50 bits per heavy atom. The van der Waals surface area contributed by atoms with Gasteiger partial charge in [-0.05, 0) is 69.8 Å². The highest BCUT2D eigenvalue weighted by molar-refractivity contribution is 6.12. The van der Waals surface area contributed by atoms with Gasteiger partial charge >= 0.3 is 0 Å². The van der Waals surface area contributed by atoms with E-state index in [1.165, 1.54) is 32.7 Å². The predicted octanol–water partition coefficient (Wildman–Crippen LogP) is 5.65. The van der Waals surface area contributed by atoms with E-state index in [4.69, 9.17) is 9.84 Å². The standard InChI is InChI=1S/C24H22O2/c1-16-14-19(15-17(2)24(16)26-13-12-25)21-8-5-9-22-20-7-4-3-6-18(20)10-11-23(21)22/h3-11,14-15,25H,12-13H2,1-2H3. The summed E-state index contributed by atoms with van der Waals surface area (Å²) in [7, 11) is 0. The first-order valence-corrected chi connectivity index (χ1v) is 8.95. The first kappa shape index (κ1) is 16.6. The van der Waals surface area contributed by atoms with E-state index in [2.05, 4.69) is 80.6 Å². The van der Waals surface area contributed by atoms with Crippen LogP contribution in [0.3, 0.4) is 0 Å². The Labute approximate surface area is 153 Å². The third-order valence-electron chi connectivity index (χ3n) is 4.90. The number of hydrogen-bond donors (Lipinski definition) is 1. The van der Waals surface area contributed by atoms with E-state index < -0.39 is 0 Å². The maximum atomic E-state index is 9.02. The molecule has 0 atom stereocenters. The van der Waals surface area contributed by atoms with Crippen molar-refractivity contribution in [2.45, 2.75) is 13.8 Å². The van der Waals surface area contributed by atoms with Gasteiger partial charge in [-0.25, -0.2) is 0 Å². The minimum Gasteiger partial charge on any atom is -0.491 e. The van der Waals surface area contributed by atoms with Crippen molar-refractivity contribution in [3.63, 3.8) is 0 Å². The number of hydrogen-bond acceptors (Lipinski definition) is 2. The minimum atomic E-state index is 0.0248. The number of fused-ring (bicyclic) bond motifs is 3. The maximum absolute atomic E-state index is 9.02. The average molecular weight is 342 g/mol. The minimum absolute atomic E-state index is 0.0248. The average Bonchev–Trinajstić information content (AvgIpc) is 2.66. The summed E-state index contributed by atoms with van der Waals surface area (Å²) in [5.74, 6) is 0.869. The van der Waals surface area contributed by atoms with Crippen molar-refractivity contribution in [3.8, 4) is 16.9 Å². The molecule has 4 rings (SSSR count). The highest BCUT2D eigenvalue weighted by Crippen LogP contribution is 2.36. The molecular weight excluding hydrogens is 320 g/mol. The predicted molar refractivity (Wildman–Crippen MR) is 109 cm³/mol. The zero-order chi connectivity index (χ0) is 18.1. The van der Waals surface area contributed by atoms with Crippen LogP contribution < -0.4 is 4.74 Å². The lowest BCUT2D eigenvalue weighted by Crippen LogP contribution is -2.04. The quantitative estimate of drug-likeness (QED) is 0.486. The van der Waals surface area contributed by atoms with Crippen LogP contribution in [-0.4, -0.2) is 18.3 Å². The van der Waals surface area contributed by atoms with E-state index in [0.717, 1.165) is 16.9 Å². The molecule has 0 unspecified atom stereocenters. The fourth-order valence-corrected chi connectivity index (χ4v) is 3.77. The smallest absolute Gasteiger partial charge is 0.125 e. The Bertz CT molecular complexity index is 1070. The van der Waals surface area contributed by atoms with Crippen LogP contribution in [0.2, 0.25) is 0 Å². The SMILES string of the molecule is Cc1cc(-c2cccc3c2ccc2ccccc23)cc(C)c1OCCO. The fraction of sp³-hybridized carbons (Fsp3) is 0.167. The number of aliphatic hydroxyl groups is 1. The number of benzene rings is 4. The molecular formula is C24H22O2. The Morgan fingerprint density at radius 1 is 0.769 bits per heavy atom. The Morgan fingerprint density at radius 3 is 2.27 bits per heavy atom. The zero-order valence-corrected chi connectivity index (χ0v) is 15.1. The molecule has 4 aromatic carbocycles. The lowest BCUT2D eigenvalue weighted by atomic mass is 9.93. The lowest BCUT2D eigenvalue weighted by molar-refractivity contribution is 0.200. The molecule has 0 saturated heterocycles. The second-order valence-electron chi connectivity index (χ2n) is 6.70. The summed E-state index contributed by atoms with van der Waals surface area (Å²) in [5, 5.41) is 14.1. The van der Waals surface area contributed by atoms with Crippen molar-refractivity contribution in [3.05, 3.63) is 77.9 Å². The van der Waals surface area contributed by atoms with E-state index in [-0.39, 0.29) is 6.61 Å². The lowest BCUT2D eigenvalue weighted by Gasteiger charge is -2.15. The largest absolute Gasteiger partial charge is 0.491 e. The summed E-state index contributed by atoms with van der Waals surface area (Å²) in [6, 6.07) is 23.8. The summed E-state index contributed by atoms with van der Waals surface area (Å²) in [5.41, 5.74) is 4.60. The molecule has 2 heteroatoms. The van der Waals surface area contributed by atoms with E-state index in [1.54, 1.807) is 0 Å². The van der Waals surface area contributed by atoms with Crippen LogP contribution in [0.25, 0.3) is 32.7 Å². The van der Waals surface area contributed by atoms with Gasteiger partial charge in [-0.15, -0.1) is 0 Å². The van der Waals surface area contributed by atoms with Gasteiger partial charge in [0.25, 0.3) is 0 Å². The van der Waals surface area contributed by atoms with Gasteiger partial charge < -0.3 is 9.84 Å². The highest BCUT2D eigenvalue weighted by atomic mass is 16.5. The molecule has 0 bridgehead atoms. The molecule has 0 amide bonds. The molecule has 0 aliphatic heterocycles. The molecule has 2 nitrogen and oxygen atoms in total. The van der Waals surface area contributed by atoms with Crippen molar-refractivity contribution in [1.29, 1.82) is 0 Å². The molecule has 0 heterocycles. The molecule has 0 aliphatic carbocycles. The van der Waals surface area contributed by atoms with Crippen molar-refractivity contribution < 1.29 is 9.84 Å². The molecule has 1 N–H and O–H groups in total. The summed E-state index contributed by atoms with van der Waals surface area (Å²) in [4.78, 5) is 0. The van der Waals surface area contributed by atoms with Crippen LogP contribution in [0.15, 0.2) is 66.7 Å². The molecule has 0 aromatic heterocycles. The summed E-state index contributed by atoms with van der Waals surface area (Å²) >= 11 is 0. The summed E-state index contributed by atoms with van der Waals surface area (Å²) < 4.78 is 5.70. The molecule has 0 spiro atoms. The molecule has 4 aromatic rings. The van der Waals surface area contributed by atoms with Crippen LogP contribution in [0.1, 0.15) is 11.1 Å². The number of rotatable bonds is 4. The maximum Gasteiger partial charge on any atom is 0.125 e. The van der Waals surface area contributed by atoms with Gasteiger partial charge in [0.15, 0.2) is 0 Å². The van der Waals surface area contributed by atoms with Gasteiger partial charge in [0.05, 0.1) is 6.61 Å². The number of ether oxygens (including phenoxy) is 1. The van der Waals surface area contributed by atoms with Crippen molar-refractivity contribution in [1.82, 2.24) is 0 Å². The summed E-state index contributed by atoms with van der Waals surface area (Å²) in [6.07, 6.45) is 0. The second-order valence-corrected chi connectivity index (χ2v) is 6.70. The third kappa shape index (κ3) is 2.83. The van der Waals surface area contributed by atoms with E-state index in [0.29, 0.717) is 6.61 Å². The van der Waals surface area contributed by atoms with Crippen molar-refractivity contribution in [2.24, 2.45) is 0 Å². The fourth-order valence-electron chi connectivity index (χ4n) is 3.77. The van der Waals surface area contributed by atoms with Crippen molar-refractivity contribution in [2.75, 3.05) is 13.2 Å². The van der Waals surface area contributed by atoms with E-state index in [9.17, 15) is 0 Å². The molecule has 26 heavy (non-hydrogen) atoms. The highest BCUT2D eigenvalue weighted by Gasteiger charge is 2.11. The molecule has 0 fully saturated rings. The van der Waals surface area contributed by atoms with Crippen LogP contribution in [0.5, 0.6) is 5.75 Å². The molecule has 130 valence electrons. The monoisotopic (exact) mass is 342 g/mol. The number of aliphatic hydroxyl groups excluding tert-OH is 1. The van der Waals surface area contributed by atoms with Gasteiger partial charge in [-0.3, -0.25) is 0 Å². The van der Waals surface area contributed by atoms with Gasteiger partial charge in [0.1, 0.15) is 12.4 Å². The Balaban J connectivity index is 1.91. The van der Waals surface area contributed by atoms with Crippen LogP contribution in [-0.2, 0) is 0 Å². The molecule has 0 aliphatic rings. The third-order valence-corrected chi connectivity index (χ3v) is 4.90. The van der Waals surface area contributed by atoms with E-state index >= 15 is 0 Å². The zero-order valence-electron chi connectivity index (χ0n) is 15.1. The normalized spacial score (nSPS) is 11.2. The van der Waals surface area contributed by atoms with Gasteiger partial charge in [-0.2, -0.15) is 0 Å². The Kier molecular flexibility index (Phi) is 4.36. The first-order valence-electron chi connectivity index (χ1n) is 8.95. The Hall–Kier alpha value is -2.84. The van der Waals surface area contributed by atoms with Gasteiger partial charge in [0, 0.05) is 0 Å². The topological polar surface area (TPSA) is 29.5 Å². The van der Waals surface area contributed by atoms with Crippen LogP contribution in [0.4, 0.5) is 0 Å². The van der Waals surface area contributed by atoms with Crippen molar-refractivity contribution >= 4 is 21.5 Å². The second kappa shape index (κ2) is 6.81. The van der Waals surface area contributed by atoms with E-state index in [1.807, 2.05) is 0 Å². The number of aryl methyl sites for hydroxylation is 2.